The molecule has 1 aromatic rings. The van der Waals surface area contributed by atoms with Gasteiger partial charge in [0.2, 0.25) is 5.91 Å². The van der Waals surface area contributed by atoms with Crippen LogP contribution in [0.25, 0.3) is 0 Å². The molecule has 7 heteroatoms. The number of amides is 1. The molecule has 1 N–H and O–H groups in total. The van der Waals surface area contributed by atoms with Crippen molar-refractivity contribution in [1.29, 1.82) is 0 Å². The summed E-state index contributed by atoms with van der Waals surface area (Å²) in [6.45, 7) is 6.29. The summed E-state index contributed by atoms with van der Waals surface area (Å²) < 4.78 is 23.1. The van der Waals surface area contributed by atoms with E-state index in [2.05, 4.69) is 24.1 Å². The maximum absolute atomic E-state index is 12.2. The van der Waals surface area contributed by atoms with E-state index in [9.17, 15) is 13.2 Å². The molecule has 1 unspecified atom stereocenters. The lowest BCUT2D eigenvalue weighted by atomic mass is 10.2. The van der Waals surface area contributed by atoms with Gasteiger partial charge in [-0.25, -0.2) is 8.42 Å². The molecule has 1 saturated heterocycles. The fourth-order valence-electron chi connectivity index (χ4n) is 3.02. The summed E-state index contributed by atoms with van der Waals surface area (Å²) in [5.41, 5.74) is 1.88. The number of carbonyl (C=O) groups is 1. The van der Waals surface area contributed by atoms with Gasteiger partial charge in [-0.15, -0.1) is 0 Å². The summed E-state index contributed by atoms with van der Waals surface area (Å²) in [5, 5.41) is 2.87. The Labute approximate surface area is 144 Å². The molecule has 1 aliphatic rings. The highest BCUT2D eigenvalue weighted by atomic mass is 32.2. The predicted molar refractivity (Wildman–Crippen MR) is 98.3 cm³/mol. The molecule has 0 saturated carbocycles. The second-order valence-electron chi connectivity index (χ2n) is 6.24. The van der Waals surface area contributed by atoms with Gasteiger partial charge in [0.25, 0.3) is 0 Å². The third kappa shape index (κ3) is 4.95. The van der Waals surface area contributed by atoms with Crippen LogP contribution in [0.4, 0.5) is 11.4 Å². The summed E-state index contributed by atoms with van der Waals surface area (Å²) in [7, 11) is -1.13. The van der Waals surface area contributed by atoms with Crippen molar-refractivity contribution >= 4 is 27.1 Å². The highest BCUT2D eigenvalue weighted by Gasteiger charge is 2.31. The van der Waals surface area contributed by atoms with Gasteiger partial charge in [-0.2, -0.15) is 0 Å². The van der Waals surface area contributed by atoms with Crippen molar-refractivity contribution in [2.24, 2.45) is 0 Å². The maximum Gasteiger partial charge on any atom is 0.238 e. The first-order valence-electron chi connectivity index (χ1n) is 8.40. The van der Waals surface area contributed by atoms with Crippen LogP contribution in [0, 0.1) is 0 Å². The molecule has 6 nitrogen and oxygen atoms in total. The molecule has 0 aliphatic carbocycles. The minimum Gasteiger partial charge on any atom is -0.372 e. The molecule has 0 radical (unpaired) electrons. The summed E-state index contributed by atoms with van der Waals surface area (Å²) in [6, 6.07) is 7.72. The van der Waals surface area contributed by atoms with Gasteiger partial charge >= 0.3 is 0 Å². The molecule has 1 heterocycles. The first kappa shape index (κ1) is 18.7. The second-order valence-corrected chi connectivity index (χ2v) is 8.47. The zero-order valence-corrected chi connectivity index (χ0v) is 15.5. The number of sulfone groups is 1. The zero-order valence-electron chi connectivity index (χ0n) is 14.7. The number of anilines is 2. The maximum atomic E-state index is 12.2. The van der Waals surface area contributed by atoms with E-state index in [-0.39, 0.29) is 30.0 Å². The topological polar surface area (TPSA) is 69.7 Å². The molecule has 0 spiro atoms. The van der Waals surface area contributed by atoms with E-state index in [1.807, 2.05) is 29.2 Å². The van der Waals surface area contributed by atoms with Crippen molar-refractivity contribution in [2.75, 3.05) is 48.4 Å². The first-order chi connectivity index (χ1) is 11.3. The lowest BCUT2D eigenvalue weighted by molar-refractivity contribution is -0.117. The molecular weight excluding hydrogens is 326 g/mol. The molecule has 0 aromatic heterocycles. The number of carbonyl (C=O) groups excluding carboxylic acids is 1. The SMILES string of the molecule is CCN(CC)c1ccc(NC(=O)CN(C)C2CCS(=O)(=O)C2)cc1. The van der Waals surface area contributed by atoms with Crippen molar-refractivity contribution in [3.05, 3.63) is 24.3 Å². The first-order valence-corrected chi connectivity index (χ1v) is 10.2. The lowest BCUT2D eigenvalue weighted by Crippen LogP contribution is -2.38. The molecule has 1 aromatic carbocycles. The molecule has 1 aliphatic heterocycles. The lowest BCUT2D eigenvalue weighted by Gasteiger charge is -2.23. The van der Waals surface area contributed by atoms with Crippen LogP contribution in [0.3, 0.4) is 0 Å². The fraction of sp³-hybridized carbons (Fsp3) is 0.588. The van der Waals surface area contributed by atoms with E-state index in [1.165, 1.54) is 0 Å². The Hall–Kier alpha value is -1.60. The molecule has 1 fully saturated rings. The normalized spacial score (nSPS) is 19.4. The van der Waals surface area contributed by atoms with Gasteiger partial charge < -0.3 is 10.2 Å². The Morgan fingerprint density at radius 1 is 1.21 bits per heavy atom. The Bertz CT molecular complexity index is 654. The summed E-state index contributed by atoms with van der Waals surface area (Å²) in [5.74, 6) is 0.239. The smallest absolute Gasteiger partial charge is 0.238 e. The van der Waals surface area contributed by atoms with Crippen molar-refractivity contribution in [2.45, 2.75) is 26.3 Å². The van der Waals surface area contributed by atoms with E-state index in [4.69, 9.17) is 0 Å². The average molecular weight is 353 g/mol. The molecule has 1 amide bonds. The fourth-order valence-corrected chi connectivity index (χ4v) is 4.83. The molecule has 2 rings (SSSR count). The van der Waals surface area contributed by atoms with Crippen molar-refractivity contribution < 1.29 is 13.2 Å². The molecule has 1 atom stereocenters. The molecule has 134 valence electrons. The van der Waals surface area contributed by atoms with Crippen LogP contribution in [0.5, 0.6) is 0 Å². The van der Waals surface area contributed by atoms with E-state index in [1.54, 1.807) is 7.05 Å². The van der Waals surface area contributed by atoms with Gasteiger partial charge in [0.15, 0.2) is 9.84 Å². The number of benzene rings is 1. The van der Waals surface area contributed by atoms with Crippen LogP contribution in [-0.2, 0) is 14.6 Å². The Kier molecular flexibility index (Phi) is 6.23. The Morgan fingerprint density at radius 3 is 2.33 bits per heavy atom. The van der Waals surface area contributed by atoms with Gasteiger partial charge in [0.1, 0.15) is 0 Å². The standard InChI is InChI=1S/C17H27N3O3S/c1-4-20(5-2)15-8-6-14(7-9-15)18-17(21)12-19(3)16-10-11-24(22,23)13-16/h6-9,16H,4-5,10-13H2,1-3H3,(H,18,21). The van der Waals surface area contributed by atoms with E-state index < -0.39 is 9.84 Å². The monoisotopic (exact) mass is 353 g/mol. The third-order valence-electron chi connectivity index (χ3n) is 4.50. The zero-order chi connectivity index (χ0) is 17.7. The van der Waals surface area contributed by atoms with Gasteiger partial charge in [-0.1, -0.05) is 0 Å². The van der Waals surface area contributed by atoms with Crippen molar-refractivity contribution in [3.63, 3.8) is 0 Å². The molecule has 24 heavy (non-hydrogen) atoms. The summed E-state index contributed by atoms with van der Waals surface area (Å²) in [6.07, 6.45) is 0.602. The van der Waals surface area contributed by atoms with Gasteiger partial charge in [0.05, 0.1) is 18.1 Å². The number of hydrogen-bond acceptors (Lipinski definition) is 5. The number of likely N-dealkylation sites (N-methyl/N-ethyl adjacent to an activating group) is 1. The van der Waals surface area contributed by atoms with Crippen LogP contribution in [0.15, 0.2) is 24.3 Å². The third-order valence-corrected chi connectivity index (χ3v) is 6.25. The quantitative estimate of drug-likeness (QED) is 0.806. The Morgan fingerprint density at radius 2 is 1.83 bits per heavy atom. The van der Waals surface area contributed by atoms with Crippen LogP contribution in [0.1, 0.15) is 20.3 Å². The minimum atomic E-state index is -2.93. The number of hydrogen-bond donors (Lipinski definition) is 1. The van der Waals surface area contributed by atoms with Crippen LogP contribution in [0.2, 0.25) is 0 Å². The van der Waals surface area contributed by atoms with E-state index in [0.717, 1.165) is 24.5 Å². The molecular formula is C17H27N3O3S. The van der Waals surface area contributed by atoms with Crippen LogP contribution >= 0.6 is 0 Å². The van der Waals surface area contributed by atoms with E-state index >= 15 is 0 Å². The Balaban J connectivity index is 1.88. The van der Waals surface area contributed by atoms with Gasteiger partial charge in [0, 0.05) is 30.5 Å². The van der Waals surface area contributed by atoms with Crippen LogP contribution in [-0.4, -0.2) is 63.5 Å². The number of nitrogens with zero attached hydrogens (tertiary/aromatic N) is 2. The van der Waals surface area contributed by atoms with Crippen LogP contribution < -0.4 is 10.2 Å². The second kappa shape index (κ2) is 7.98. The number of nitrogens with one attached hydrogen (secondary N) is 1. The largest absolute Gasteiger partial charge is 0.372 e. The highest BCUT2D eigenvalue weighted by Crippen LogP contribution is 2.19. The summed E-state index contributed by atoms with van der Waals surface area (Å²) in [4.78, 5) is 16.2. The predicted octanol–water partition coefficient (Wildman–Crippen LogP) is 1.59. The van der Waals surface area contributed by atoms with Gasteiger partial charge in [-0.05, 0) is 51.6 Å². The highest BCUT2D eigenvalue weighted by molar-refractivity contribution is 7.91. The molecule has 0 bridgehead atoms. The number of rotatable bonds is 7. The van der Waals surface area contributed by atoms with Crippen molar-refractivity contribution in [3.8, 4) is 0 Å². The van der Waals surface area contributed by atoms with Crippen molar-refractivity contribution in [1.82, 2.24) is 4.90 Å². The minimum absolute atomic E-state index is 0.0641. The average Bonchev–Trinajstić information content (AvgIpc) is 2.90. The summed E-state index contributed by atoms with van der Waals surface area (Å²) >= 11 is 0. The van der Waals surface area contributed by atoms with E-state index in [0.29, 0.717) is 6.42 Å². The van der Waals surface area contributed by atoms with Gasteiger partial charge in [-0.3, -0.25) is 9.69 Å².